The lowest BCUT2D eigenvalue weighted by Gasteiger charge is -2.25. The summed E-state index contributed by atoms with van der Waals surface area (Å²) in [4.78, 5) is 106. The molecule has 0 aliphatic heterocycles. The van der Waals surface area contributed by atoms with Gasteiger partial charge in [0.25, 0.3) is 0 Å². The van der Waals surface area contributed by atoms with E-state index in [9.17, 15) is 48.6 Å². The number of para-hydroxylation sites is 1. The van der Waals surface area contributed by atoms with Gasteiger partial charge in [-0.1, -0.05) is 30.3 Å². The number of aromatic hydroxyl groups is 1. The van der Waals surface area contributed by atoms with E-state index in [4.69, 9.17) is 5.73 Å². The van der Waals surface area contributed by atoms with Crippen molar-refractivity contribution in [3.05, 3.63) is 65.9 Å². The molecule has 5 unspecified atom stereocenters. The number of fused-ring (bicyclic) bond motifs is 1. The topological polar surface area (TPSA) is 291 Å². The number of carbonyl (C=O) groups is 8. The van der Waals surface area contributed by atoms with Crippen LogP contribution in [0.25, 0.3) is 10.9 Å². The van der Waals surface area contributed by atoms with Gasteiger partial charge in [-0.25, -0.2) is 0 Å². The summed E-state index contributed by atoms with van der Waals surface area (Å²) in [6, 6.07) is 6.84. The normalized spacial score (nSPS) is 13.5. The molecule has 11 N–H and O–H groups in total. The first kappa shape index (κ1) is 46.6. The Labute approximate surface area is 343 Å². The highest BCUT2D eigenvalue weighted by molar-refractivity contribution is 7.98. The monoisotopic (exact) mass is 842 g/mol. The minimum atomic E-state index is -1.52. The van der Waals surface area contributed by atoms with Gasteiger partial charge in [0.2, 0.25) is 41.4 Å². The Hall–Kier alpha value is -5.76. The van der Waals surface area contributed by atoms with Crippen LogP contribution in [0.1, 0.15) is 37.3 Å². The molecule has 0 saturated heterocycles. The average Bonchev–Trinajstić information content (AvgIpc) is 3.58. The number of primary amides is 1. The number of thioether (sulfide) groups is 2. The maximum absolute atomic E-state index is 13.8. The number of nitrogens with one attached hydrogen (secondary N) is 7. The summed E-state index contributed by atoms with van der Waals surface area (Å²) in [6.45, 7) is 0.499. The van der Waals surface area contributed by atoms with Crippen molar-refractivity contribution in [1.82, 2.24) is 36.9 Å². The number of phenolic OH excluding ortho intramolecular Hbond substituents is 1. The SMILES string of the molecule is CSCCC(NC(=O)C(Cc1c[nH]c2ccccc12)NC(=O)CNC(=O)C(CCSC)NC(=O)C(Cc1ccc(O)cc1)NC(=O)C(CC(=O)O)NC(C)=O)C(N)=O. The fourth-order valence-electron chi connectivity index (χ4n) is 5.81. The van der Waals surface area contributed by atoms with E-state index in [-0.39, 0.29) is 31.4 Å². The second-order valence-electron chi connectivity index (χ2n) is 13.3. The maximum Gasteiger partial charge on any atom is 0.305 e. The third-order valence-electron chi connectivity index (χ3n) is 8.77. The minimum Gasteiger partial charge on any atom is -0.508 e. The maximum atomic E-state index is 13.8. The molecule has 3 aromatic rings. The average molecular weight is 843 g/mol. The Morgan fingerprint density at radius 3 is 1.88 bits per heavy atom. The second kappa shape index (κ2) is 23.5. The van der Waals surface area contributed by atoms with Crippen molar-refractivity contribution < 1.29 is 48.6 Å². The van der Waals surface area contributed by atoms with E-state index in [1.165, 1.54) is 47.8 Å². The van der Waals surface area contributed by atoms with Gasteiger partial charge >= 0.3 is 5.97 Å². The van der Waals surface area contributed by atoms with Crippen molar-refractivity contribution in [2.75, 3.05) is 30.6 Å². The van der Waals surface area contributed by atoms with Crippen LogP contribution in [0.4, 0.5) is 0 Å². The zero-order valence-electron chi connectivity index (χ0n) is 32.3. The van der Waals surface area contributed by atoms with Gasteiger partial charge in [0, 0.05) is 36.9 Å². The van der Waals surface area contributed by atoms with E-state index in [2.05, 4.69) is 36.9 Å². The number of aromatic nitrogens is 1. The molecule has 0 saturated carbocycles. The van der Waals surface area contributed by atoms with Crippen LogP contribution in [0.2, 0.25) is 0 Å². The highest BCUT2D eigenvalue weighted by Crippen LogP contribution is 2.19. The van der Waals surface area contributed by atoms with Crippen LogP contribution in [-0.4, -0.2) is 123 Å². The molecule has 0 fully saturated rings. The molecule has 2 aromatic carbocycles. The second-order valence-corrected chi connectivity index (χ2v) is 15.2. The smallest absolute Gasteiger partial charge is 0.305 e. The van der Waals surface area contributed by atoms with Crippen molar-refractivity contribution >= 4 is 81.7 Å². The number of hydrogen-bond donors (Lipinski definition) is 10. The molecule has 0 bridgehead atoms. The van der Waals surface area contributed by atoms with Gasteiger partial charge in [-0.2, -0.15) is 23.5 Å². The van der Waals surface area contributed by atoms with E-state index in [0.29, 0.717) is 22.6 Å². The van der Waals surface area contributed by atoms with Gasteiger partial charge in [-0.3, -0.25) is 38.4 Å². The fraction of sp³-hybridized carbons (Fsp3) is 0.421. The lowest BCUT2D eigenvalue weighted by molar-refractivity contribution is -0.141. The highest BCUT2D eigenvalue weighted by Gasteiger charge is 2.31. The molecule has 1 heterocycles. The Morgan fingerprint density at radius 2 is 1.28 bits per heavy atom. The highest BCUT2D eigenvalue weighted by atomic mass is 32.2. The zero-order valence-corrected chi connectivity index (χ0v) is 33.9. The number of carbonyl (C=O) groups excluding carboxylic acids is 7. The Kier molecular flexibility index (Phi) is 18.9. The number of aromatic amines is 1. The fourth-order valence-corrected chi connectivity index (χ4v) is 6.76. The molecular formula is C38H50N8O10S2. The van der Waals surface area contributed by atoms with Crippen LogP contribution in [0, 0.1) is 0 Å². The summed E-state index contributed by atoms with van der Waals surface area (Å²) in [5, 5.41) is 35.0. The summed E-state index contributed by atoms with van der Waals surface area (Å²) >= 11 is 2.85. The van der Waals surface area contributed by atoms with Gasteiger partial charge in [0.1, 0.15) is 36.0 Å². The first-order valence-electron chi connectivity index (χ1n) is 18.2. The standard InChI is InChI=1S/C38H50N8O10S2/c1-21(47)42-31(18-33(50)51)38(56)46-29(16-22-8-10-24(48)11-9-22)36(54)45-28(13-15-58-3)35(53)41-20-32(49)43-30(37(55)44-27(34(39)52)12-14-57-2)17-23-19-40-26-7-5-4-6-25(23)26/h4-11,19,27-31,40,48H,12-18,20H2,1-3H3,(H2,39,52)(H,41,53)(H,42,47)(H,43,49)(H,44,55)(H,45,54)(H,46,56)(H,50,51). The molecule has 18 nitrogen and oxygen atoms in total. The van der Waals surface area contributed by atoms with Gasteiger partial charge in [0.15, 0.2) is 0 Å². The number of carboxylic acid groups (broad SMARTS) is 1. The third kappa shape index (κ3) is 15.3. The molecule has 0 spiro atoms. The molecule has 5 atom stereocenters. The lowest BCUT2D eigenvalue weighted by Crippen LogP contribution is -2.58. The number of rotatable bonds is 24. The number of H-pyrrole nitrogens is 1. The molecule has 20 heteroatoms. The van der Waals surface area contributed by atoms with E-state index in [1.807, 2.05) is 30.5 Å². The number of amides is 7. The Bertz CT molecular complexity index is 1910. The van der Waals surface area contributed by atoms with E-state index in [1.54, 1.807) is 12.5 Å². The molecule has 58 heavy (non-hydrogen) atoms. The molecule has 7 amide bonds. The summed E-state index contributed by atoms with van der Waals surface area (Å²) in [5.74, 6) is -5.85. The number of nitrogens with two attached hydrogens (primary N) is 1. The number of phenols is 1. The number of hydrogen-bond acceptors (Lipinski definition) is 11. The lowest BCUT2D eigenvalue weighted by atomic mass is 10.0. The number of carboxylic acids is 1. The third-order valence-corrected chi connectivity index (χ3v) is 10.1. The summed E-state index contributed by atoms with van der Waals surface area (Å²) in [5.41, 5.74) is 7.56. The summed E-state index contributed by atoms with van der Waals surface area (Å²) < 4.78 is 0. The van der Waals surface area contributed by atoms with Gasteiger partial charge < -0.3 is 52.8 Å². The van der Waals surface area contributed by atoms with E-state index in [0.717, 1.165) is 17.8 Å². The molecule has 0 radical (unpaired) electrons. The Balaban J connectivity index is 1.78. The van der Waals surface area contributed by atoms with Gasteiger partial charge in [0.05, 0.1) is 13.0 Å². The van der Waals surface area contributed by atoms with Crippen LogP contribution in [0.3, 0.4) is 0 Å². The zero-order chi connectivity index (χ0) is 42.8. The van der Waals surface area contributed by atoms with Crippen LogP contribution in [0.15, 0.2) is 54.7 Å². The molecular weight excluding hydrogens is 793 g/mol. The number of aliphatic carboxylic acids is 1. The van der Waals surface area contributed by atoms with Crippen LogP contribution in [0.5, 0.6) is 5.75 Å². The van der Waals surface area contributed by atoms with Crippen molar-refractivity contribution in [2.24, 2.45) is 5.73 Å². The van der Waals surface area contributed by atoms with Crippen LogP contribution < -0.4 is 37.6 Å². The minimum absolute atomic E-state index is 0.0271. The van der Waals surface area contributed by atoms with Gasteiger partial charge in [-0.15, -0.1) is 0 Å². The number of benzene rings is 2. The summed E-state index contributed by atoms with van der Waals surface area (Å²) in [7, 11) is 0. The molecule has 3 rings (SSSR count). The van der Waals surface area contributed by atoms with Crippen molar-refractivity contribution in [1.29, 1.82) is 0 Å². The van der Waals surface area contributed by atoms with Crippen LogP contribution >= 0.6 is 23.5 Å². The molecule has 314 valence electrons. The van der Waals surface area contributed by atoms with E-state index < -0.39 is 90.5 Å². The molecule has 0 aliphatic carbocycles. The van der Waals surface area contributed by atoms with E-state index >= 15 is 0 Å². The quantitative estimate of drug-likeness (QED) is 0.0556. The predicted molar refractivity (Wildman–Crippen MR) is 220 cm³/mol. The van der Waals surface area contributed by atoms with Crippen molar-refractivity contribution in [3.8, 4) is 5.75 Å². The first-order chi connectivity index (χ1) is 27.6. The first-order valence-corrected chi connectivity index (χ1v) is 21.0. The summed E-state index contributed by atoms with van der Waals surface area (Å²) in [6.07, 6.45) is 4.82. The molecule has 0 aliphatic rings. The predicted octanol–water partition coefficient (Wildman–Crippen LogP) is -0.315. The molecule has 1 aromatic heterocycles. The van der Waals surface area contributed by atoms with Crippen LogP contribution in [-0.2, 0) is 51.2 Å². The van der Waals surface area contributed by atoms with Gasteiger partial charge in [-0.05, 0) is 66.2 Å². The Morgan fingerprint density at radius 1 is 0.707 bits per heavy atom. The van der Waals surface area contributed by atoms with Crippen molar-refractivity contribution in [3.63, 3.8) is 0 Å². The largest absolute Gasteiger partial charge is 0.508 e. The van der Waals surface area contributed by atoms with Crippen molar-refractivity contribution in [2.45, 2.75) is 69.2 Å².